The third kappa shape index (κ3) is 5.36. The van der Waals surface area contributed by atoms with E-state index in [1.165, 1.54) is 9.80 Å². The molecule has 0 radical (unpaired) electrons. The van der Waals surface area contributed by atoms with Crippen molar-refractivity contribution in [3.8, 4) is 0 Å². The second-order valence-electron chi connectivity index (χ2n) is 7.61. The van der Waals surface area contributed by atoms with Gasteiger partial charge in [0.2, 0.25) is 0 Å². The van der Waals surface area contributed by atoms with Crippen LogP contribution in [0.25, 0.3) is 0 Å². The minimum Gasteiger partial charge on any atom is -0.444 e. The Labute approximate surface area is 132 Å². The van der Waals surface area contributed by atoms with Gasteiger partial charge < -0.3 is 24.4 Å². The van der Waals surface area contributed by atoms with E-state index in [0.717, 1.165) is 0 Å². The summed E-state index contributed by atoms with van der Waals surface area (Å²) in [5, 5.41) is 10.1. The maximum absolute atomic E-state index is 12.1. The Kier molecular flexibility index (Phi) is 5.33. The summed E-state index contributed by atoms with van der Waals surface area (Å²) < 4.78 is 10.6. The predicted molar refractivity (Wildman–Crippen MR) is 81.6 cm³/mol. The molecule has 0 aromatic heterocycles. The highest BCUT2D eigenvalue weighted by Crippen LogP contribution is 2.20. The molecule has 7 heteroatoms. The maximum atomic E-state index is 12.1. The molecule has 0 aromatic carbocycles. The highest BCUT2D eigenvalue weighted by atomic mass is 16.6. The number of carbonyl (C=O) groups is 2. The zero-order chi connectivity index (χ0) is 17.3. The summed E-state index contributed by atoms with van der Waals surface area (Å²) >= 11 is 0. The van der Waals surface area contributed by atoms with Crippen LogP contribution in [0.1, 0.15) is 41.5 Å². The van der Waals surface area contributed by atoms with Gasteiger partial charge in [0.05, 0.1) is 18.7 Å². The van der Waals surface area contributed by atoms with Gasteiger partial charge in [0.1, 0.15) is 11.2 Å². The van der Waals surface area contributed by atoms with Crippen LogP contribution in [0, 0.1) is 0 Å². The summed E-state index contributed by atoms with van der Waals surface area (Å²) in [4.78, 5) is 26.8. The van der Waals surface area contributed by atoms with Gasteiger partial charge in [-0.2, -0.15) is 0 Å². The van der Waals surface area contributed by atoms with Crippen molar-refractivity contribution < 1.29 is 24.2 Å². The molecule has 0 spiro atoms. The van der Waals surface area contributed by atoms with Gasteiger partial charge >= 0.3 is 12.2 Å². The zero-order valence-corrected chi connectivity index (χ0v) is 14.5. The van der Waals surface area contributed by atoms with Gasteiger partial charge in [-0.25, -0.2) is 9.59 Å². The van der Waals surface area contributed by atoms with Crippen LogP contribution < -0.4 is 0 Å². The molecule has 128 valence electrons. The summed E-state index contributed by atoms with van der Waals surface area (Å²) in [6, 6.07) is -0.512. The molecule has 1 aliphatic rings. The number of hydrogen-bond donors (Lipinski definition) is 1. The van der Waals surface area contributed by atoms with Crippen LogP contribution in [-0.4, -0.2) is 70.6 Å². The Morgan fingerprint density at radius 1 is 1.05 bits per heavy atom. The Morgan fingerprint density at radius 3 is 2.00 bits per heavy atom. The summed E-state index contributed by atoms with van der Waals surface area (Å²) in [5.74, 6) is 0. The van der Waals surface area contributed by atoms with E-state index in [9.17, 15) is 14.7 Å². The molecule has 1 heterocycles. The molecule has 0 bridgehead atoms. The van der Waals surface area contributed by atoms with Crippen molar-refractivity contribution in [3.63, 3.8) is 0 Å². The lowest BCUT2D eigenvalue weighted by Gasteiger charge is -2.29. The molecular formula is C15H28N2O5. The van der Waals surface area contributed by atoms with E-state index in [4.69, 9.17) is 9.47 Å². The van der Waals surface area contributed by atoms with Crippen LogP contribution in [0.2, 0.25) is 0 Å². The summed E-state index contributed by atoms with van der Waals surface area (Å²) in [6.07, 6.45) is -1.85. The second-order valence-corrected chi connectivity index (χ2v) is 7.61. The van der Waals surface area contributed by atoms with E-state index in [0.29, 0.717) is 0 Å². The summed E-state index contributed by atoms with van der Waals surface area (Å²) in [5.41, 5.74) is -1.21. The number of carbonyl (C=O) groups excluding carboxylic acids is 2. The van der Waals surface area contributed by atoms with Crippen LogP contribution in [0.5, 0.6) is 0 Å². The van der Waals surface area contributed by atoms with E-state index in [-0.39, 0.29) is 13.1 Å². The van der Waals surface area contributed by atoms with Crippen LogP contribution >= 0.6 is 0 Å². The van der Waals surface area contributed by atoms with Crippen molar-refractivity contribution >= 4 is 12.2 Å². The Morgan fingerprint density at radius 2 is 1.55 bits per heavy atom. The number of aliphatic hydroxyl groups excluding tert-OH is 1. The molecule has 0 saturated carbocycles. The standard InChI is InChI=1S/C15H28N2O5/c1-14(2,3)21-12(19)16(7)10-8-17(9-11(10)18)13(20)22-15(4,5)6/h10-11,18H,8-9H2,1-7H3. The van der Waals surface area contributed by atoms with E-state index >= 15 is 0 Å². The molecule has 0 aromatic rings. The lowest BCUT2D eigenvalue weighted by molar-refractivity contribution is 0.0107. The number of likely N-dealkylation sites (tertiary alicyclic amines) is 1. The van der Waals surface area contributed by atoms with E-state index in [1.54, 1.807) is 48.6 Å². The molecule has 22 heavy (non-hydrogen) atoms. The van der Waals surface area contributed by atoms with Gasteiger partial charge in [0.25, 0.3) is 0 Å². The van der Waals surface area contributed by atoms with Crippen molar-refractivity contribution in [1.82, 2.24) is 9.80 Å². The Balaban J connectivity index is 2.67. The van der Waals surface area contributed by atoms with Crippen molar-refractivity contribution in [1.29, 1.82) is 0 Å². The monoisotopic (exact) mass is 316 g/mol. The third-order valence-corrected chi connectivity index (χ3v) is 3.09. The molecule has 2 atom stereocenters. The summed E-state index contributed by atoms with van der Waals surface area (Å²) in [7, 11) is 1.56. The highest BCUT2D eigenvalue weighted by Gasteiger charge is 2.40. The van der Waals surface area contributed by atoms with Gasteiger partial charge in [-0.3, -0.25) is 0 Å². The first kappa shape index (κ1) is 18.5. The topological polar surface area (TPSA) is 79.3 Å². The SMILES string of the molecule is CN(C(=O)OC(C)(C)C)C1CN(C(=O)OC(C)(C)C)CC1O. The molecule has 1 rings (SSSR count). The molecule has 1 fully saturated rings. The van der Waals surface area contributed by atoms with Gasteiger partial charge in [-0.05, 0) is 41.5 Å². The molecule has 1 aliphatic heterocycles. The maximum Gasteiger partial charge on any atom is 0.410 e. The predicted octanol–water partition coefficient (Wildman–Crippen LogP) is 1.83. The first-order valence-electron chi connectivity index (χ1n) is 7.42. The van der Waals surface area contributed by atoms with Crippen LogP contribution in [0.4, 0.5) is 9.59 Å². The largest absolute Gasteiger partial charge is 0.444 e. The molecular weight excluding hydrogens is 288 g/mol. The van der Waals surface area contributed by atoms with Gasteiger partial charge in [0.15, 0.2) is 0 Å². The molecule has 0 aliphatic carbocycles. The smallest absolute Gasteiger partial charge is 0.410 e. The molecule has 7 nitrogen and oxygen atoms in total. The number of ether oxygens (including phenoxy) is 2. The minimum absolute atomic E-state index is 0.132. The number of hydrogen-bond acceptors (Lipinski definition) is 5. The number of likely N-dealkylation sites (N-methyl/N-ethyl adjacent to an activating group) is 1. The molecule has 2 amide bonds. The number of β-amino-alcohol motifs (C(OH)–C–C–N with tert-alkyl or cyclic N) is 1. The average Bonchev–Trinajstić information content (AvgIpc) is 2.65. The van der Waals surface area contributed by atoms with Crippen LogP contribution in [0.3, 0.4) is 0 Å². The number of amides is 2. The lowest BCUT2D eigenvalue weighted by Crippen LogP contribution is -2.46. The lowest BCUT2D eigenvalue weighted by atomic mass is 10.2. The van der Waals surface area contributed by atoms with Crippen LogP contribution in [-0.2, 0) is 9.47 Å². The van der Waals surface area contributed by atoms with E-state index < -0.39 is 35.5 Å². The molecule has 2 unspecified atom stereocenters. The van der Waals surface area contributed by atoms with E-state index in [1.807, 2.05) is 0 Å². The molecule has 1 N–H and O–H groups in total. The molecule has 1 saturated heterocycles. The van der Waals surface area contributed by atoms with Crippen molar-refractivity contribution in [2.24, 2.45) is 0 Å². The van der Waals surface area contributed by atoms with Crippen molar-refractivity contribution in [2.45, 2.75) is 64.9 Å². The minimum atomic E-state index is -0.829. The fourth-order valence-electron chi connectivity index (χ4n) is 2.09. The van der Waals surface area contributed by atoms with Crippen LogP contribution in [0.15, 0.2) is 0 Å². The Bertz CT molecular complexity index is 425. The first-order valence-corrected chi connectivity index (χ1v) is 7.42. The van der Waals surface area contributed by atoms with Gasteiger partial charge in [-0.1, -0.05) is 0 Å². The normalized spacial score (nSPS) is 22.5. The highest BCUT2D eigenvalue weighted by molar-refractivity contribution is 5.70. The fraction of sp³-hybridized carbons (Fsp3) is 0.867. The fourth-order valence-corrected chi connectivity index (χ4v) is 2.09. The third-order valence-electron chi connectivity index (χ3n) is 3.09. The average molecular weight is 316 g/mol. The zero-order valence-electron chi connectivity index (χ0n) is 14.5. The Hall–Kier alpha value is -1.50. The van der Waals surface area contributed by atoms with Gasteiger partial charge in [-0.15, -0.1) is 0 Å². The first-order chi connectivity index (χ1) is 9.80. The van der Waals surface area contributed by atoms with E-state index in [2.05, 4.69) is 0 Å². The number of nitrogens with zero attached hydrogens (tertiary/aromatic N) is 2. The number of aliphatic hydroxyl groups is 1. The summed E-state index contributed by atoms with van der Waals surface area (Å²) in [6.45, 7) is 11.0. The number of rotatable bonds is 1. The quantitative estimate of drug-likeness (QED) is 0.798. The van der Waals surface area contributed by atoms with Crippen molar-refractivity contribution in [2.75, 3.05) is 20.1 Å². The van der Waals surface area contributed by atoms with Gasteiger partial charge in [0, 0.05) is 13.6 Å². The second kappa shape index (κ2) is 6.32. The van der Waals surface area contributed by atoms with Crippen molar-refractivity contribution in [3.05, 3.63) is 0 Å².